The van der Waals surface area contributed by atoms with Crippen molar-refractivity contribution in [2.45, 2.75) is 31.3 Å². The zero-order chi connectivity index (χ0) is 18.6. The molecule has 2 fully saturated rings. The fourth-order valence-corrected chi connectivity index (χ4v) is 3.78. The van der Waals surface area contributed by atoms with E-state index >= 15 is 0 Å². The summed E-state index contributed by atoms with van der Waals surface area (Å²) in [7, 11) is 0. The standard InChI is InChI=1S/C19H23N5O3/c25-18(22-14-6-7-15-13(8-14)10-21-23-15)11-20-19(26)16-9-17(27-24-16)12-4-2-1-3-5-12/h1-5,9,13-15,21,23H,6-8,10-11H2,(H,20,26)(H,22,25). The van der Waals surface area contributed by atoms with E-state index in [1.54, 1.807) is 6.07 Å². The van der Waals surface area contributed by atoms with Crippen LogP contribution in [0.5, 0.6) is 0 Å². The molecule has 1 saturated heterocycles. The number of fused-ring (bicyclic) bond motifs is 1. The van der Waals surface area contributed by atoms with Gasteiger partial charge in [0.25, 0.3) is 5.91 Å². The predicted octanol–water partition coefficient (Wildman–Crippen LogP) is 0.833. The van der Waals surface area contributed by atoms with Crippen molar-refractivity contribution in [1.29, 1.82) is 0 Å². The van der Waals surface area contributed by atoms with Gasteiger partial charge in [-0.3, -0.25) is 20.4 Å². The van der Waals surface area contributed by atoms with Gasteiger partial charge in [-0.15, -0.1) is 0 Å². The van der Waals surface area contributed by atoms with Crippen LogP contribution in [0.15, 0.2) is 40.9 Å². The lowest BCUT2D eigenvalue weighted by Crippen LogP contribution is -2.46. The molecule has 1 saturated carbocycles. The molecule has 8 heteroatoms. The second kappa shape index (κ2) is 7.89. The number of amides is 2. The molecule has 1 aliphatic heterocycles. The molecule has 2 aliphatic rings. The van der Waals surface area contributed by atoms with Gasteiger partial charge in [0.15, 0.2) is 11.5 Å². The largest absolute Gasteiger partial charge is 0.355 e. The van der Waals surface area contributed by atoms with Gasteiger partial charge in [-0.1, -0.05) is 35.5 Å². The molecular formula is C19H23N5O3. The lowest BCUT2D eigenvalue weighted by Gasteiger charge is -2.31. The van der Waals surface area contributed by atoms with Crippen LogP contribution >= 0.6 is 0 Å². The third-order valence-electron chi connectivity index (χ3n) is 5.21. The molecule has 3 unspecified atom stereocenters. The summed E-state index contributed by atoms with van der Waals surface area (Å²) in [6, 6.07) is 11.7. The first-order chi connectivity index (χ1) is 13.2. The van der Waals surface area contributed by atoms with Crippen molar-refractivity contribution in [2.24, 2.45) is 5.92 Å². The molecule has 142 valence electrons. The molecule has 4 N–H and O–H groups in total. The maximum Gasteiger partial charge on any atom is 0.273 e. The van der Waals surface area contributed by atoms with Gasteiger partial charge in [-0.05, 0) is 25.2 Å². The third kappa shape index (κ3) is 4.17. The summed E-state index contributed by atoms with van der Waals surface area (Å²) in [4.78, 5) is 24.4. The number of hydrogen-bond donors (Lipinski definition) is 4. The summed E-state index contributed by atoms with van der Waals surface area (Å²) in [5, 5.41) is 9.41. The highest BCUT2D eigenvalue weighted by Gasteiger charge is 2.34. The van der Waals surface area contributed by atoms with E-state index in [1.807, 2.05) is 30.3 Å². The minimum absolute atomic E-state index is 0.0759. The number of hydrogen-bond acceptors (Lipinski definition) is 6. The van der Waals surface area contributed by atoms with Crippen LogP contribution in [0, 0.1) is 5.92 Å². The summed E-state index contributed by atoms with van der Waals surface area (Å²) in [6.45, 7) is 0.858. The minimum atomic E-state index is -0.427. The van der Waals surface area contributed by atoms with E-state index in [1.165, 1.54) is 0 Å². The number of carbonyl (C=O) groups is 2. The normalized spacial score (nSPS) is 24.2. The molecule has 27 heavy (non-hydrogen) atoms. The topological polar surface area (TPSA) is 108 Å². The Morgan fingerprint density at radius 1 is 1.22 bits per heavy atom. The summed E-state index contributed by atoms with van der Waals surface area (Å²) >= 11 is 0. The second-order valence-corrected chi connectivity index (χ2v) is 7.09. The first-order valence-corrected chi connectivity index (χ1v) is 9.27. The number of nitrogens with one attached hydrogen (secondary N) is 4. The fraction of sp³-hybridized carbons (Fsp3) is 0.421. The van der Waals surface area contributed by atoms with Gasteiger partial charge in [-0.2, -0.15) is 0 Å². The number of nitrogens with zero attached hydrogens (tertiary/aromatic N) is 1. The van der Waals surface area contributed by atoms with Crippen LogP contribution in [0.4, 0.5) is 0 Å². The monoisotopic (exact) mass is 369 g/mol. The molecule has 8 nitrogen and oxygen atoms in total. The molecule has 2 amide bonds. The van der Waals surface area contributed by atoms with Crippen molar-refractivity contribution in [2.75, 3.05) is 13.1 Å². The van der Waals surface area contributed by atoms with Crippen molar-refractivity contribution in [1.82, 2.24) is 26.6 Å². The van der Waals surface area contributed by atoms with E-state index in [4.69, 9.17) is 4.52 Å². The van der Waals surface area contributed by atoms with Gasteiger partial charge in [0.1, 0.15) is 0 Å². The molecular weight excluding hydrogens is 346 g/mol. The molecule has 0 bridgehead atoms. The maximum absolute atomic E-state index is 12.2. The Bertz CT molecular complexity index is 807. The van der Waals surface area contributed by atoms with Crippen LogP contribution in [0.1, 0.15) is 29.8 Å². The van der Waals surface area contributed by atoms with E-state index in [0.29, 0.717) is 17.7 Å². The predicted molar refractivity (Wildman–Crippen MR) is 98.5 cm³/mol. The number of carbonyl (C=O) groups excluding carboxylic acids is 2. The number of benzene rings is 1. The molecule has 2 heterocycles. The van der Waals surface area contributed by atoms with Crippen molar-refractivity contribution in [3.63, 3.8) is 0 Å². The summed E-state index contributed by atoms with van der Waals surface area (Å²) in [6.07, 6.45) is 2.93. The first kappa shape index (κ1) is 17.7. The summed E-state index contributed by atoms with van der Waals surface area (Å²) in [5.41, 5.74) is 7.44. The van der Waals surface area contributed by atoms with Crippen molar-refractivity contribution >= 4 is 11.8 Å². The van der Waals surface area contributed by atoms with Gasteiger partial charge in [0, 0.05) is 30.3 Å². The molecule has 1 aromatic heterocycles. The van der Waals surface area contributed by atoms with Gasteiger partial charge >= 0.3 is 0 Å². The summed E-state index contributed by atoms with van der Waals surface area (Å²) in [5.74, 6) is 0.451. The number of hydrazine groups is 1. The highest BCUT2D eigenvalue weighted by molar-refractivity contribution is 5.95. The molecule has 3 atom stereocenters. The molecule has 2 aromatic rings. The van der Waals surface area contributed by atoms with E-state index in [-0.39, 0.29) is 24.2 Å². The van der Waals surface area contributed by atoms with E-state index in [9.17, 15) is 9.59 Å². The quantitative estimate of drug-likeness (QED) is 0.622. The smallest absolute Gasteiger partial charge is 0.273 e. The van der Waals surface area contributed by atoms with E-state index in [2.05, 4.69) is 26.6 Å². The first-order valence-electron chi connectivity index (χ1n) is 9.27. The molecule has 4 rings (SSSR count). The average Bonchev–Trinajstić information content (AvgIpc) is 3.36. The van der Waals surface area contributed by atoms with Gasteiger partial charge in [0.05, 0.1) is 6.54 Å². The van der Waals surface area contributed by atoms with Crippen LogP contribution in [-0.2, 0) is 4.79 Å². The molecule has 0 spiro atoms. The molecule has 0 radical (unpaired) electrons. The Hall–Kier alpha value is -2.71. The van der Waals surface area contributed by atoms with E-state index < -0.39 is 5.91 Å². The zero-order valence-electron chi connectivity index (χ0n) is 14.9. The Labute approximate surface area is 157 Å². The lowest BCUT2D eigenvalue weighted by molar-refractivity contribution is -0.121. The van der Waals surface area contributed by atoms with Gasteiger partial charge < -0.3 is 15.2 Å². The Morgan fingerprint density at radius 2 is 2.07 bits per heavy atom. The third-order valence-corrected chi connectivity index (χ3v) is 5.21. The van der Waals surface area contributed by atoms with E-state index in [0.717, 1.165) is 31.4 Å². The SMILES string of the molecule is O=C(CNC(=O)c1cc(-c2ccccc2)on1)NC1CCC2NNCC2C1. The highest BCUT2D eigenvalue weighted by Crippen LogP contribution is 2.26. The Morgan fingerprint density at radius 3 is 2.93 bits per heavy atom. The maximum atomic E-state index is 12.2. The fourth-order valence-electron chi connectivity index (χ4n) is 3.78. The van der Waals surface area contributed by atoms with Crippen molar-refractivity contribution in [3.05, 3.63) is 42.1 Å². The number of rotatable bonds is 5. The van der Waals surface area contributed by atoms with Crippen LogP contribution in [0.3, 0.4) is 0 Å². The second-order valence-electron chi connectivity index (χ2n) is 7.09. The molecule has 1 aromatic carbocycles. The van der Waals surface area contributed by atoms with Crippen molar-refractivity contribution < 1.29 is 14.1 Å². The zero-order valence-corrected chi connectivity index (χ0v) is 14.9. The minimum Gasteiger partial charge on any atom is -0.355 e. The molecule has 1 aliphatic carbocycles. The highest BCUT2D eigenvalue weighted by atomic mass is 16.5. The Balaban J connectivity index is 1.25. The van der Waals surface area contributed by atoms with Gasteiger partial charge in [-0.25, -0.2) is 0 Å². The number of aromatic nitrogens is 1. The van der Waals surface area contributed by atoms with Crippen LogP contribution in [-0.4, -0.2) is 42.1 Å². The average molecular weight is 369 g/mol. The van der Waals surface area contributed by atoms with Crippen LogP contribution in [0.2, 0.25) is 0 Å². The Kier molecular flexibility index (Phi) is 5.17. The summed E-state index contributed by atoms with van der Waals surface area (Å²) < 4.78 is 5.22. The van der Waals surface area contributed by atoms with Gasteiger partial charge in [0.2, 0.25) is 5.91 Å². The lowest BCUT2D eigenvalue weighted by atomic mass is 9.83. The van der Waals surface area contributed by atoms with Crippen LogP contribution in [0.25, 0.3) is 11.3 Å². The van der Waals surface area contributed by atoms with Crippen molar-refractivity contribution in [3.8, 4) is 11.3 Å². The van der Waals surface area contributed by atoms with Crippen LogP contribution < -0.4 is 21.5 Å².